The van der Waals surface area contributed by atoms with E-state index >= 15 is 0 Å². The SMILES string of the molecule is CCCC(NC1CC(C)(C)NC(C)(C)C1)c1ccccc1. The van der Waals surface area contributed by atoms with Gasteiger partial charge in [0.05, 0.1) is 0 Å². The van der Waals surface area contributed by atoms with Crippen LogP contribution in [0.2, 0.25) is 0 Å². The van der Waals surface area contributed by atoms with Crippen LogP contribution in [-0.4, -0.2) is 17.1 Å². The third kappa shape index (κ3) is 4.82. The molecule has 1 heterocycles. The summed E-state index contributed by atoms with van der Waals surface area (Å²) < 4.78 is 0. The normalized spacial score (nSPS) is 22.9. The molecule has 2 N–H and O–H groups in total. The molecule has 2 nitrogen and oxygen atoms in total. The third-order valence-corrected chi connectivity index (χ3v) is 4.41. The van der Waals surface area contributed by atoms with E-state index in [-0.39, 0.29) is 11.1 Å². The van der Waals surface area contributed by atoms with Crippen molar-refractivity contribution in [2.24, 2.45) is 0 Å². The lowest BCUT2D eigenvalue weighted by Gasteiger charge is -2.47. The summed E-state index contributed by atoms with van der Waals surface area (Å²) in [6.07, 6.45) is 4.78. The minimum absolute atomic E-state index is 0.201. The number of rotatable bonds is 5. The molecule has 0 radical (unpaired) electrons. The van der Waals surface area contributed by atoms with E-state index in [1.165, 1.54) is 31.2 Å². The average molecular weight is 288 g/mol. The summed E-state index contributed by atoms with van der Waals surface area (Å²) in [6, 6.07) is 12.0. The Bertz CT molecular complexity index is 420. The fraction of sp³-hybridized carbons (Fsp3) is 0.684. The molecular formula is C19H32N2. The number of piperidine rings is 1. The highest BCUT2D eigenvalue weighted by molar-refractivity contribution is 5.19. The topological polar surface area (TPSA) is 24.1 Å². The Kier molecular flexibility index (Phi) is 5.11. The average Bonchev–Trinajstić information content (AvgIpc) is 2.35. The van der Waals surface area contributed by atoms with Crippen molar-refractivity contribution in [3.8, 4) is 0 Å². The van der Waals surface area contributed by atoms with Gasteiger partial charge in [0.1, 0.15) is 0 Å². The van der Waals surface area contributed by atoms with E-state index in [2.05, 4.69) is 75.6 Å². The molecule has 2 rings (SSSR count). The minimum Gasteiger partial charge on any atom is -0.307 e. The van der Waals surface area contributed by atoms with E-state index in [4.69, 9.17) is 0 Å². The van der Waals surface area contributed by atoms with Gasteiger partial charge in [0.2, 0.25) is 0 Å². The summed E-state index contributed by atoms with van der Waals surface area (Å²) in [6.45, 7) is 11.5. The highest BCUT2D eigenvalue weighted by atomic mass is 15.1. The number of hydrogen-bond acceptors (Lipinski definition) is 2. The molecule has 0 spiro atoms. The molecule has 1 unspecified atom stereocenters. The molecule has 1 fully saturated rings. The van der Waals surface area contributed by atoms with Gasteiger partial charge in [-0.25, -0.2) is 0 Å². The van der Waals surface area contributed by atoms with Crippen LogP contribution in [0.15, 0.2) is 30.3 Å². The van der Waals surface area contributed by atoms with E-state index in [0.717, 1.165) is 0 Å². The Hall–Kier alpha value is -0.860. The van der Waals surface area contributed by atoms with Crippen molar-refractivity contribution in [3.63, 3.8) is 0 Å². The monoisotopic (exact) mass is 288 g/mol. The Morgan fingerprint density at radius 1 is 1.10 bits per heavy atom. The lowest BCUT2D eigenvalue weighted by atomic mass is 9.79. The number of benzene rings is 1. The predicted octanol–water partition coefficient (Wildman–Crippen LogP) is 4.43. The maximum atomic E-state index is 3.94. The Morgan fingerprint density at radius 2 is 1.67 bits per heavy atom. The van der Waals surface area contributed by atoms with Gasteiger partial charge in [0, 0.05) is 23.2 Å². The van der Waals surface area contributed by atoms with E-state index in [1.807, 2.05) is 0 Å². The lowest BCUT2D eigenvalue weighted by molar-refractivity contribution is 0.138. The van der Waals surface area contributed by atoms with E-state index in [1.54, 1.807) is 0 Å². The van der Waals surface area contributed by atoms with Crippen LogP contribution < -0.4 is 10.6 Å². The van der Waals surface area contributed by atoms with Gasteiger partial charge in [-0.1, -0.05) is 43.7 Å². The quantitative estimate of drug-likeness (QED) is 0.837. The first-order valence-electron chi connectivity index (χ1n) is 8.42. The molecule has 1 aromatic carbocycles. The fourth-order valence-electron chi connectivity index (χ4n) is 4.04. The summed E-state index contributed by atoms with van der Waals surface area (Å²) in [7, 11) is 0. The predicted molar refractivity (Wildman–Crippen MR) is 91.5 cm³/mol. The van der Waals surface area contributed by atoms with Crippen LogP contribution in [0.5, 0.6) is 0 Å². The zero-order valence-corrected chi connectivity index (χ0v) is 14.4. The summed E-state index contributed by atoms with van der Waals surface area (Å²) in [5.41, 5.74) is 1.83. The molecule has 1 aliphatic rings. The van der Waals surface area contributed by atoms with Crippen molar-refractivity contribution in [1.29, 1.82) is 0 Å². The van der Waals surface area contributed by atoms with Gasteiger partial charge in [-0.05, 0) is 52.5 Å². The Labute approximate surface area is 130 Å². The van der Waals surface area contributed by atoms with Gasteiger partial charge in [-0.3, -0.25) is 0 Å². The van der Waals surface area contributed by atoms with Crippen LogP contribution in [0.1, 0.15) is 71.9 Å². The molecule has 1 aliphatic heterocycles. The maximum absolute atomic E-state index is 3.94. The second kappa shape index (κ2) is 6.50. The van der Waals surface area contributed by atoms with E-state index in [0.29, 0.717) is 12.1 Å². The largest absolute Gasteiger partial charge is 0.307 e. The van der Waals surface area contributed by atoms with Crippen LogP contribution in [0.25, 0.3) is 0 Å². The summed E-state index contributed by atoms with van der Waals surface area (Å²) >= 11 is 0. The van der Waals surface area contributed by atoms with Crippen molar-refractivity contribution in [1.82, 2.24) is 10.6 Å². The maximum Gasteiger partial charge on any atom is 0.0322 e. The molecule has 118 valence electrons. The molecule has 0 aromatic heterocycles. The molecule has 0 saturated carbocycles. The molecule has 0 bridgehead atoms. The van der Waals surface area contributed by atoms with Gasteiger partial charge in [-0.15, -0.1) is 0 Å². The second-order valence-corrected chi connectivity index (χ2v) is 7.92. The summed E-state index contributed by atoms with van der Waals surface area (Å²) in [4.78, 5) is 0. The summed E-state index contributed by atoms with van der Waals surface area (Å²) in [5.74, 6) is 0. The molecule has 2 heteroatoms. The highest BCUT2D eigenvalue weighted by Gasteiger charge is 2.38. The molecule has 21 heavy (non-hydrogen) atoms. The minimum atomic E-state index is 0.201. The smallest absolute Gasteiger partial charge is 0.0322 e. The Balaban J connectivity index is 2.10. The van der Waals surface area contributed by atoms with Gasteiger partial charge >= 0.3 is 0 Å². The third-order valence-electron chi connectivity index (χ3n) is 4.41. The van der Waals surface area contributed by atoms with Crippen LogP contribution in [0.3, 0.4) is 0 Å². The summed E-state index contributed by atoms with van der Waals surface area (Å²) in [5, 5.41) is 7.71. The molecule has 0 aliphatic carbocycles. The molecule has 1 atom stereocenters. The highest BCUT2D eigenvalue weighted by Crippen LogP contribution is 2.30. The van der Waals surface area contributed by atoms with Crippen LogP contribution in [-0.2, 0) is 0 Å². The standard InChI is InChI=1S/C19H32N2/c1-6-10-17(15-11-8-7-9-12-15)20-16-13-18(2,3)21-19(4,5)14-16/h7-9,11-12,16-17,20-21H,6,10,13-14H2,1-5H3. The van der Waals surface area contributed by atoms with Gasteiger partial charge < -0.3 is 10.6 Å². The van der Waals surface area contributed by atoms with Crippen molar-refractivity contribution in [2.75, 3.05) is 0 Å². The van der Waals surface area contributed by atoms with Crippen LogP contribution in [0.4, 0.5) is 0 Å². The van der Waals surface area contributed by atoms with E-state index in [9.17, 15) is 0 Å². The van der Waals surface area contributed by atoms with Crippen molar-refractivity contribution < 1.29 is 0 Å². The lowest BCUT2D eigenvalue weighted by Crippen LogP contribution is -2.61. The molecule has 1 saturated heterocycles. The molecular weight excluding hydrogens is 256 g/mol. The van der Waals surface area contributed by atoms with E-state index < -0.39 is 0 Å². The first kappa shape index (κ1) is 16.5. The zero-order chi connectivity index (χ0) is 15.5. The molecule has 0 amide bonds. The first-order valence-corrected chi connectivity index (χ1v) is 8.42. The molecule has 1 aromatic rings. The van der Waals surface area contributed by atoms with Crippen LogP contribution >= 0.6 is 0 Å². The Morgan fingerprint density at radius 3 is 2.19 bits per heavy atom. The number of hydrogen-bond donors (Lipinski definition) is 2. The fourth-order valence-corrected chi connectivity index (χ4v) is 4.04. The van der Waals surface area contributed by atoms with Crippen molar-refractivity contribution in [2.45, 2.75) is 83.5 Å². The van der Waals surface area contributed by atoms with Gasteiger partial charge in [0.25, 0.3) is 0 Å². The first-order chi connectivity index (χ1) is 9.81. The van der Waals surface area contributed by atoms with Gasteiger partial charge in [0.15, 0.2) is 0 Å². The second-order valence-electron chi connectivity index (χ2n) is 7.92. The zero-order valence-electron chi connectivity index (χ0n) is 14.4. The van der Waals surface area contributed by atoms with Crippen molar-refractivity contribution >= 4 is 0 Å². The number of nitrogens with one attached hydrogen (secondary N) is 2. The van der Waals surface area contributed by atoms with Crippen molar-refractivity contribution in [3.05, 3.63) is 35.9 Å². The van der Waals surface area contributed by atoms with Crippen LogP contribution in [0, 0.1) is 0 Å². The van der Waals surface area contributed by atoms with Gasteiger partial charge in [-0.2, -0.15) is 0 Å².